The first-order chi connectivity index (χ1) is 9.02. The Kier molecular flexibility index (Phi) is 6.84. The quantitative estimate of drug-likeness (QED) is 0.425. The van der Waals surface area contributed by atoms with Crippen molar-refractivity contribution >= 4 is 23.3 Å². The minimum absolute atomic E-state index is 0.0579. The molecule has 4 nitrogen and oxygen atoms in total. The Labute approximate surface area is 121 Å². The van der Waals surface area contributed by atoms with Crippen molar-refractivity contribution in [3.63, 3.8) is 0 Å². The molecule has 1 heterocycles. The van der Waals surface area contributed by atoms with E-state index in [4.69, 9.17) is 17.0 Å². The average molecular weight is 284 g/mol. The van der Waals surface area contributed by atoms with E-state index in [1.807, 2.05) is 0 Å². The molecule has 0 amide bonds. The Morgan fingerprint density at radius 3 is 2.95 bits per heavy atom. The van der Waals surface area contributed by atoms with Gasteiger partial charge in [0.05, 0.1) is 12.5 Å². The predicted octanol–water partition coefficient (Wildman–Crippen LogP) is 2.00. The van der Waals surface area contributed by atoms with E-state index in [2.05, 4.69) is 31.1 Å². The lowest BCUT2D eigenvalue weighted by molar-refractivity contribution is -0.144. The van der Waals surface area contributed by atoms with E-state index in [1.54, 1.807) is 6.08 Å². The molecule has 108 valence electrons. The van der Waals surface area contributed by atoms with E-state index < -0.39 is 0 Å². The minimum atomic E-state index is -0.0619. The number of carbonyl (C=O) groups excluding carboxylic acids is 1. The zero-order chi connectivity index (χ0) is 14.3. The van der Waals surface area contributed by atoms with Crippen molar-refractivity contribution in [2.24, 2.45) is 11.8 Å². The van der Waals surface area contributed by atoms with Gasteiger partial charge in [-0.1, -0.05) is 26.3 Å². The normalized spacial score (nSPS) is 22.2. The van der Waals surface area contributed by atoms with Crippen molar-refractivity contribution < 1.29 is 9.53 Å². The van der Waals surface area contributed by atoms with Crippen molar-refractivity contribution in [1.29, 1.82) is 0 Å². The van der Waals surface area contributed by atoms with Crippen LogP contribution >= 0.6 is 12.2 Å². The second-order valence-electron chi connectivity index (χ2n) is 5.34. The fourth-order valence-corrected chi connectivity index (χ4v) is 2.22. The van der Waals surface area contributed by atoms with Crippen LogP contribution in [-0.2, 0) is 9.53 Å². The van der Waals surface area contributed by atoms with Crippen LogP contribution in [0.2, 0.25) is 0 Å². The van der Waals surface area contributed by atoms with Gasteiger partial charge in [-0.2, -0.15) is 0 Å². The number of rotatable bonds is 7. The second-order valence-corrected chi connectivity index (χ2v) is 5.75. The number of ether oxygens (including phenoxy) is 1. The molecular formula is C14H24N2O2S. The third-order valence-electron chi connectivity index (χ3n) is 3.15. The SMILES string of the molecule is C=CCNC(=S)NCC1CC(CCC(C)C)C(=O)O1. The molecule has 1 fully saturated rings. The van der Waals surface area contributed by atoms with Crippen molar-refractivity contribution in [3.05, 3.63) is 12.7 Å². The molecule has 2 atom stereocenters. The summed E-state index contributed by atoms with van der Waals surface area (Å²) in [6.45, 7) is 9.15. The lowest BCUT2D eigenvalue weighted by Gasteiger charge is -2.12. The van der Waals surface area contributed by atoms with Gasteiger partial charge in [-0.15, -0.1) is 6.58 Å². The Morgan fingerprint density at radius 1 is 1.58 bits per heavy atom. The van der Waals surface area contributed by atoms with Gasteiger partial charge in [0.15, 0.2) is 5.11 Å². The van der Waals surface area contributed by atoms with Crippen LogP contribution in [0.1, 0.15) is 33.1 Å². The summed E-state index contributed by atoms with van der Waals surface area (Å²) in [5, 5.41) is 6.61. The largest absolute Gasteiger partial charge is 0.460 e. The zero-order valence-electron chi connectivity index (χ0n) is 11.8. The van der Waals surface area contributed by atoms with Crippen LogP contribution in [0.4, 0.5) is 0 Å². The molecule has 0 radical (unpaired) electrons. The Balaban J connectivity index is 2.24. The summed E-state index contributed by atoms with van der Waals surface area (Å²) in [7, 11) is 0. The highest BCUT2D eigenvalue weighted by molar-refractivity contribution is 7.80. The molecule has 0 aromatic heterocycles. The number of cyclic esters (lactones) is 1. The Hall–Kier alpha value is -1.10. The lowest BCUT2D eigenvalue weighted by Crippen LogP contribution is -2.39. The molecule has 0 aromatic rings. The Bertz CT molecular complexity index is 331. The van der Waals surface area contributed by atoms with Crippen molar-refractivity contribution in [2.45, 2.75) is 39.2 Å². The summed E-state index contributed by atoms with van der Waals surface area (Å²) in [5.74, 6) is 0.627. The third kappa shape index (κ3) is 6.05. The van der Waals surface area contributed by atoms with Crippen molar-refractivity contribution in [2.75, 3.05) is 13.1 Å². The molecule has 0 aliphatic carbocycles. The molecule has 1 rings (SSSR count). The molecule has 5 heteroatoms. The number of hydrogen-bond acceptors (Lipinski definition) is 3. The van der Waals surface area contributed by atoms with Crippen LogP contribution in [0.25, 0.3) is 0 Å². The molecular weight excluding hydrogens is 260 g/mol. The van der Waals surface area contributed by atoms with Gasteiger partial charge < -0.3 is 15.4 Å². The minimum Gasteiger partial charge on any atom is -0.460 e. The van der Waals surface area contributed by atoms with Gasteiger partial charge >= 0.3 is 5.97 Å². The van der Waals surface area contributed by atoms with Gasteiger partial charge in [-0.3, -0.25) is 4.79 Å². The molecule has 19 heavy (non-hydrogen) atoms. The fourth-order valence-electron chi connectivity index (χ4n) is 2.05. The number of hydrogen-bond donors (Lipinski definition) is 2. The summed E-state index contributed by atoms with van der Waals surface area (Å²) >= 11 is 5.09. The highest BCUT2D eigenvalue weighted by Crippen LogP contribution is 2.26. The molecule has 2 unspecified atom stereocenters. The first-order valence-corrected chi connectivity index (χ1v) is 7.26. The topological polar surface area (TPSA) is 50.4 Å². The maximum Gasteiger partial charge on any atom is 0.309 e. The zero-order valence-corrected chi connectivity index (χ0v) is 12.6. The first-order valence-electron chi connectivity index (χ1n) is 6.86. The maximum atomic E-state index is 11.7. The summed E-state index contributed by atoms with van der Waals surface area (Å²) < 4.78 is 5.35. The second kappa shape index (κ2) is 8.15. The summed E-state index contributed by atoms with van der Waals surface area (Å²) in [6.07, 6.45) is 4.47. The van der Waals surface area contributed by atoms with Gasteiger partial charge in [0.1, 0.15) is 6.10 Å². The monoisotopic (exact) mass is 284 g/mol. The summed E-state index contributed by atoms with van der Waals surface area (Å²) in [6, 6.07) is 0. The summed E-state index contributed by atoms with van der Waals surface area (Å²) in [4.78, 5) is 11.7. The Morgan fingerprint density at radius 2 is 2.32 bits per heavy atom. The van der Waals surface area contributed by atoms with E-state index >= 15 is 0 Å². The van der Waals surface area contributed by atoms with E-state index in [1.165, 1.54) is 0 Å². The average Bonchev–Trinajstić information content (AvgIpc) is 2.72. The van der Waals surface area contributed by atoms with Crippen LogP contribution in [-0.4, -0.2) is 30.3 Å². The van der Waals surface area contributed by atoms with E-state index in [9.17, 15) is 4.79 Å². The highest BCUT2D eigenvalue weighted by Gasteiger charge is 2.33. The molecule has 1 saturated heterocycles. The summed E-state index contributed by atoms with van der Waals surface area (Å²) in [5.41, 5.74) is 0. The van der Waals surface area contributed by atoms with E-state index in [0.717, 1.165) is 19.3 Å². The van der Waals surface area contributed by atoms with Gasteiger partial charge in [-0.25, -0.2) is 0 Å². The van der Waals surface area contributed by atoms with Gasteiger partial charge in [0, 0.05) is 6.54 Å². The number of thiocarbonyl (C=S) groups is 1. The van der Waals surface area contributed by atoms with Crippen LogP contribution in [0.3, 0.4) is 0 Å². The number of nitrogens with one attached hydrogen (secondary N) is 2. The molecule has 1 aliphatic rings. The molecule has 2 N–H and O–H groups in total. The number of esters is 1. The predicted molar refractivity (Wildman–Crippen MR) is 80.9 cm³/mol. The maximum absolute atomic E-state index is 11.7. The standard InChI is InChI=1S/C14H24N2O2S/c1-4-7-15-14(19)16-9-12-8-11(13(17)18-12)6-5-10(2)3/h4,10-12H,1,5-9H2,2-3H3,(H2,15,16,19). The molecule has 0 spiro atoms. The smallest absolute Gasteiger partial charge is 0.309 e. The molecule has 1 aliphatic heterocycles. The lowest BCUT2D eigenvalue weighted by atomic mass is 9.95. The first kappa shape index (κ1) is 16.0. The molecule has 0 aromatic carbocycles. The van der Waals surface area contributed by atoms with Crippen molar-refractivity contribution in [3.8, 4) is 0 Å². The molecule has 0 bridgehead atoms. The van der Waals surface area contributed by atoms with Crippen LogP contribution in [0.15, 0.2) is 12.7 Å². The van der Waals surface area contributed by atoms with Crippen LogP contribution in [0.5, 0.6) is 0 Å². The van der Waals surface area contributed by atoms with Gasteiger partial charge in [0.2, 0.25) is 0 Å². The van der Waals surface area contributed by atoms with Gasteiger partial charge in [0.25, 0.3) is 0 Å². The van der Waals surface area contributed by atoms with Gasteiger partial charge in [-0.05, 0) is 31.0 Å². The highest BCUT2D eigenvalue weighted by atomic mass is 32.1. The number of carbonyl (C=O) groups is 1. The third-order valence-corrected chi connectivity index (χ3v) is 3.44. The van der Waals surface area contributed by atoms with Crippen LogP contribution in [0, 0.1) is 11.8 Å². The molecule has 0 saturated carbocycles. The van der Waals surface area contributed by atoms with E-state index in [0.29, 0.717) is 24.1 Å². The fraction of sp³-hybridized carbons (Fsp3) is 0.714. The van der Waals surface area contributed by atoms with E-state index in [-0.39, 0.29) is 18.0 Å². The van der Waals surface area contributed by atoms with Crippen molar-refractivity contribution in [1.82, 2.24) is 10.6 Å². The van der Waals surface area contributed by atoms with Crippen LogP contribution < -0.4 is 10.6 Å².